The number of hydrogen-bond acceptors (Lipinski definition) is 2. The van der Waals surface area contributed by atoms with E-state index in [1.54, 1.807) is 19.2 Å². The summed E-state index contributed by atoms with van der Waals surface area (Å²) in [6, 6.07) is 6.97. The van der Waals surface area contributed by atoms with Gasteiger partial charge in [-0.15, -0.1) is 0 Å². The fraction of sp³-hybridized carbons (Fsp3) is 0.571. The minimum atomic E-state index is -0.157. The zero-order valence-corrected chi connectivity index (χ0v) is 10.3. The minimum Gasteiger partial charge on any atom is -0.385 e. The number of hydrogen-bond donors (Lipinski definition) is 1. The molecule has 1 aliphatic heterocycles. The van der Waals surface area contributed by atoms with Gasteiger partial charge in [0.05, 0.1) is 0 Å². The van der Waals surface area contributed by atoms with Gasteiger partial charge >= 0.3 is 0 Å². The van der Waals surface area contributed by atoms with E-state index in [0.717, 1.165) is 39.0 Å². The molecule has 0 aromatic heterocycles. The molecule has 1 aromatic rings. The van der Waals surface area contributed by atoms with Gasteiger partial charge in [0, 0.05) is 32.2 Å². The van der Waals surface area contributed by atoms with Gasteiger partial charge in [0.15, 0.2) is 0 Å². The summed E-state index contributed by atoms with van der Waals surface area (Å²) in [7, 11) is 1.74. The monoisotopic (exact) mass is 237 g/mol. The van der Waals surface area contributed by atoms with Crippen molar-refractivity contribution >= 4 is 0 Å². The topological polar surface area (TPSA) is 21.3 Å². The standard InChI is InChI=1S/C14H20FNO/c1-17-9-3-2-8-14(10-16-11-14)12-4-6-13(15)7-5-12/h4-7,16H,2-3,8-11H2,1H3. The molecule has 1 aliphatic rings. The summed E-state index contributed by atoms with van der Waals surface area (Å²) < 4.78 is 18.0. The molecule has 1 fully saturated rings. The van der Waals surface area contributed by atoms with Crippen LogP contribution in [-0.4, -0.2) is 26.8 Å². The van der Waals surface area contributed by atoms with Gasteiger partial charge in [-0.1, -0.05) is 18.6 Å². The van der Waals surface area contributed by atoms with Gasteiger partial charge in [0.2, 0.25) is 0 Å². The van der Waals surface area contributed by atoms with E-state index < -0.39 is 0 Å². The van der Waals surface area contributed by atoms with Gasteiger partial charge in [0.25, 0.3) is 0 Å². The van der Waals surface area contributed by atoms with Crippen molar-refractivity contribution in [1.82, 2.24) is 5.32 Å². The Morgan fingerprint density at radius 1 is 1.24 bits per heavy atom. The average molecular weight is 237 g/mol. The van der Waals surface area contributed by atoms with E-state index in [4.69, 9.17) is 4.74 Å². The Kier molecular flexibility index (Phi) is 4.13. The zero-order chi connectivity index (χ0) is 12.1. The average Bonchev–Trinajstić information content (AvgIpc) is 2.29. The van der Waals surface area contributed by atoms with E-state index in [9.17, 15) is 4.39 Å². The highest BCUT2D eigenvalue weighted by molar-refractivity contribution is 5.29. The van der Waals surface area contributed by atoms with Crippen LogP contribution in [0.5, 0.6) is 0 Å². The zero-order valence-electron chi connectivity index (χ0n) is 10.3. The van der Waals surface area contributed by atoms with Gasteiger partial charge in [0.1, 0.15) is 5.82 Å². The van der Waals surface area contributed by atoms with Crippen LogP contribution in [0.4, 0.5) is 4.39 Å². The predicted octanol–water partition coefficient (Wildman–Crippen LogP) is 2.48. The van der Waals surface area contributed by atoms with E-state index in [-0.39, 0.29) is 11.2 Å². The molecular weight excluding hydrogens is 217 g/mol. The molecule has 0 amide bonds. The number of ether oxygens (including phenoxy) is 1. The van der Waals surface area contributed by atoms with E-state index in [1.165, 1.54) is 5.56 Å². The lowest BCUT2D eigenvalue weighted by molar-refractivity contribution is 0.181. The number of halogens is 1. The van der Waals surface area contributed by atoms with Gasteiger partial charge < -0.3 is 10.1 Å². The van der Waals surface area contributed by atoms with Crippen molar-refractivity contribution < 1.29 is 9.13 Å². The third kappa shape index (κ3) is 2.85. The van der Waals surface area contributed by atoms with Crippen molar-refractivity contribution in [2.75, 3.05) is 26.8 Å². The maximum atomic E-state index is 12.9. The summed E-state index contributed by atoms with van der Waals surface area (Å²) in [6.45, 7) is 2.84. The second kappa shape index (κ2) is 5.61. The first-order valence-electron chi connectivity index (χ1n) is 6.23. The maximum Gasteiger partial charge on any atom is 0.123 e. The molecule has 2 rings (SSSR count). The fourth-order valence-corrected chi connectivity index (χ4v) is 2.47. The maximum absolute atomic E-state index is 12.9. The highest BCUT2D eigenvalue weighted by Crippen LogP contribution is 2.33. The molecule has 94 valence electrons. The SMILES string of the molecule is COCCCCC1(c2ccc(F)cc2)CNC1. The molecule has 1 heterocycles. The Balaban J connectivity index is 1.96. The quantitative estimate of drug-likeness (QED) is 0.767. The Morgan fingerprint density at radius 3 is 2.47 bits per heavy atom. The van der Waals surface area contributed by atoms with Crippen LogP contribution in [0.1, 0.15) is 24.8 Å². The van der Waals surface area contributed by atoms with Gasteiger partial charge in [-0.05, 0) is 30.5 Å². The Hall–Kier alpha value is -0.930. The van der Waals surface area contributed by atoms with Crippen LogP contribution in [0.3, 0.4) is 0 Å². The highest BCUT2D eigenvalue weighted by atomic mass is 19.1. The lowest BCUT2D eigenvalue weighted by Crippen LogP contribution is -2.56. The molecule has 0 atom stereocenters. The Morgan fingerprint density at radius 2 is 1.94 bits per heavy atom. The third-order valence-electron chi connectivity index (χ3n) is 3.64. The molecule has 1 saturated heterocycles. The predicted molar refractivity (Wildman–Crippen MR) is 66.7 cm³/mol. The Labute approximate surface area is 102 Å². The summed E-state index contributed by atoms with van der Waals surface area (Å²) in [5.74, 6) is -0.157. The summed E-state index contributed by atoms with van der Waals surface area (Å²) in [4.78, 5) is 0. The second-order valence-corrected chi connectivity index (χ2v) is 4.84. The first-order valence-corrected chi connectivity index (χ1v) is 6.23. The summed E-state index contributed by atoms with van der Waals surface area (Å²) in [5, 5.41) is 3.33. The summed E-state index contributed by atoms with van der Waals surface area (Å²) >= 11 is 0. The number of rotatable bonds is 6. The first-order chi connectivity index (χ1) is 8.27. The Bertz CT molecular complexity index is 346. The van der Waals surface area contributed by atoms with E-state index in [2.05, 4.69) is 5.32 Å². The molecule has 0 radical (unpaired) electrons. The van der Waals surface area contributed by atoms with Crippen LogP contribution < -0.4 is 5.32 Å². The molecular formula is C14H20FNO. The molecule has 17 heavy (non-hydrogen) atoms. The molecule has 1 aromatic carbocycles. The van der Waals surface area contributed by atoms with Crippen LogP contribution >= 0.6 is 0 Å². The molecule has 2 nitrogen and oxygen atoms in total. The minimum absolute atomic E-state index is 0.157. The van der Waals surface area contributed by atoms with Crippen LogP contribution in [-0.2, 0) is 10.2 Å². The molecule has 0 spiro atoms. The van der Waals surface area contributed by atoms with Crippen molar-refractivity contribution in [2.45, 2.75) is 24.7 Å². The van der Waals surface area contributed by atoms with Crippen molar-refractivity contribution in [1.29, 1.82) is 0 Å². The number of methoxy groups -OCH3 is 1. The number of unbranched alkanes of at least 4 members (excludes halogenated alkanes) is 1. The fourth-order valence-electron chi connectivity index (χ4n) is 2.47. The van der Waals surface area contributed by atoms with Crippen LogP contribution in [0.25, 0.3) is 0 Å². The van der Waals surface area contributed by atoms with E-state index in [1.807, 2.05) is 12.1 Å². The lowest BCUT2D eigenvalue weighted by Gasteiger charge is -2.43. The molecule has 0 saturated carbocycles. The molecule has 1 N–H and O–H groups in total. The van der Waals surface area contributed by atoms with Gasteiger partial charge in [-0.3, -0.25) is 0 Å². The van der Waals surface area contributed by atoms with E-state index in [0.29, 0.717) is 0 Å². The molecule has 0 unspecified atom stereocenters. The van der Waals surface area contributed by atoms with Crippen LogP contribution in [0.15, 0.2) is 24.3 Å². The van der Waals surface area contributed by atoms with Gasteiger partial charge in [-0.25, -0.2) is 4.39 Å². The van der Waals surface area contributed by atoms with E-state index >= 15 is 0 Å². The number of nitrogens with one attached hydrogen (secondary N) is 1. The summed E-state index contributed by atoms with van der Waals surface area (Å²) in [5.41, 5.74) is 1.48. The molecule has 0 bridgehead atoms. The van der Waals surface area contributed by atoms with Crippen molar-refractivity contribution in [2.24, 2.45) is 0 Å². The summed E-state index contributed by atoms with van der Waals surface area (Å²) in [6.07, 6.45) is 3.40. The highest BCUT2D eigenvalue weighted by Gasteiger charge is 2.37. The lowest BCUT2D eigenvalue weighted by atomic mass is 9.71. The largest absolute Gasteiger partial charge is 0.385 e. The third-order valence-corrected chi connectivity index (χ3v) is 3.64. The van der Waals surface area contributed by atoms with Gasteiger partial charge in [-0.2, -0.15) is 0 Å². The molecule has 3 heteroatoms. The normalized spacial score (nSPS) is 17.8. The van der Waals surface area contributed by atoms with Crippen molar-refractivity contribution in [3.05, 3.63) is 35.6 Å². The van der Waals surface area contributed by atoms with Crippen LogP contribution in [0, 0.1) is 5.82 Å². The van der Waals surface area contributed by atoms with Crippen molar-refractivity contribution in [3.8, 4) is 0 Å². The second-order valence-electron chi connectivity index (χ2n) is 4.84. The van der Waals surface area contributed by atoms with Crippen molar-refractivity contribution in [3.63, 3.8) is 0 Å². The molecule has 0 aliphatic carbocycles. The first kappa shape index (κ1) is 12.5. The number of benzene rings is 1. The smallest absolute Gasteiger partial charge is 0.123 e. The van der Waals surface area contributed by atoms with Crippen LogP contribution in [0.2, 0.25) is 0 Å².